The number of carbonyl (C=O) groups excluding carboxylic acids is 2. The van der Waals surface area contributed by atoms with Crippen molar-refractivity contribution in [3.63, 3.8) is 0 Å². The average molecular weight is 615 g/mol. The van der Waals surface area contributed by atoms with Crippen molar-refractivity contribution in [3.8, 4) is 17.6 Å². The Balaban J connectivity index is 1.46. The van der Waals surface area contributed by atoms with E-state index in [1.54, 1.807) is 0 Å². The Hall–Kier alpha value is -4.48. The number of benzene rings is 2. The minimum Gasteiger partial charge on any atom is -0.497 e. The number of carbonyl (C=O) groups is 2. The molecular weight excluding hydrogens is 584 g/mol. The summed E-state index contributed by atoms with van der Waals surface area (Å²) in [4.78, 5) is 37.2. The van der Waals surface area contributed by atoms with E-state index in [-0.39, 0.29) is 23.6 Å². The Bertz CT molecular complexity index is 1480. The number of nitrogens with zero attached hydrogens (tertiary/aromatic N) is 5. The molecule has 44 heavy (non-hydrogen) atoms. The van der Waals surface area contributed by atoms with Gasteiger partial charge in [-0.3, -0.25) is 19.5 Å². The van der Waals surface area contributed by atoms with E-state index >= 15 is 8.78 Å². The van der Waals surface area contributed by atoms with E-state index in [0.717, 1.165) is 37.4 Å². The van der Waals surface area contributed by atoms with Gasteiger partial charge in [-0.15, -0.1) is 0 Å². The molecular formula is C30H30F4N6O4. The highest BCUT2D eigenvalue weighted by Crippen LogP contribution is 2.38. The van der Waals surface area contributed by atoms with Crippen LogP contribution in [0.3, 0.4) is 0 Å². The van der Waals surface area contributed by atoms with Crippen molar-refractivity contribution in [2.75, 3.05) is 46.9 Å². The number of hydrogen-bond acceptors (Lipinski definition) is 8. The zero-order valence-corrected chi connectivity index (χ0v) is 23.9. The molecule has 5 rings (SSSR count). The first-order valence-corrected chi connectivity index (χ1v) is 13.9. The zero-order chi connectivity index (χ0) is 31.5. The van der Waals surface area contributed by atoms with E-state index in [1.807, 2.05) is 7.05 Å². The maximum absolute atomic E-state index is 15.4. The molecule has 2 saturated heterocycles. The molecule has 4 atom stereocenters. The summed E-state index contributed by atoms with van der Waals surface area (Å²) >= 11 is 0. The molecule has 0 spiro atoms. The molecule has 3 heterocycles. The van der Waals surface area contributed by atoms with Gasteiger partial charge in [-0.05, 0) is 37.4 Å². The monoisotopic (exact) mass is 614 g/mol. The van der Waals surface area contributed by atoms with Crippen LogP contribution in [0.2, 0.25) is 0 Å². The van der Waals surface area contributed by atoms with Crippen LogP contribution < -0.4 is 14.8 Å². The number of methoxy groups -OCH3 is 1. The van der Waals surface area contributed by atoms with Crippen LogP contribution in [-0.2, 0) is 4.79 Å². The smallest absolute Gasteiger partial charge is 0.387 e. The summed E-state index contributed by atoms with van der Waals surface area (Å²) in [7, 11) is 3.25. The van der Waals surface area contributed by atoms with E-state index < -0.39 is 59.7 Å². The number of piperazine rings is 1. The number of alkyl halides is 2. The van der Waals surface area contributed by atoms with Crippen LogP contribution >= 0.6 is 0 Å². The molecule has 14 heteroatoms. The van der Waals surface area contributed by atoms with Gasteiger partial charge >= 0.3 is 6.61 Å². The third-order valence-corrected chi connectivity index (χ3v) is 8.06. The van der Waals surface area contributed by atoms with Gasteiger partial charge in [0.15, 0.2) is 0 Å². The lowest BCUT2D eigenvalue weighted by molar-refractivity contribution is -0.128. The maximum Gasteiger partial charge on any atom is 0.387 e. The second-order valence-electron chi connectivity index (χ2n) is 10.7. The molecule has 232 valence electrons. The van der Waals surface area contributed by atoms with Crippen molar-refractivity contribution in [2.45, 2.75) is 24.7 Å². The standard InChI is InChI=1S/C30H30F4N6O4/c1-38-9-11-39(12-10-38)27-20(15-35)24(7-8-36-27)40-16-21(25-22(31)13-19(43-2)14-23(25)32)26(29(40)42)37-28(41)17-3-5-18(6-4-17)44-30(33)34/h3-8,13-14,20-21,26-27,30H,9-12,16H2,1-2H3,(H,37,41)/t20?,21-,26-,27?/m0/s1. The quantitative estimate of drug-likeness (QED) is 0.456. The molecule has 2 aromatic carbocycles. The second-order valence-corrected chi connectivity index (χ2v) is 10.7. The van der Waals surface area contributed by atoms with Crippen molar-refractivity contribution in [1.29, 1.82) is 5.26 Å². The maximum atomic E-state index is 15.4. The number of likely N-dealkylation sites (tertiary alicyclic amines) is 1. The lowest BCUT2D eigenvalue weighted by Crippen LogP contribution is -2.52. The van der Waals surface area contributed by atoms with E-state index in [4.69, 9.17) is 4.74 Å². The Morgan fingerprint density at radius 2 is 1.75 bits per heavy atom. The lowest BCUT2D eigenvalue weighted by Gasteiger charge is -2.40. The fourth-order valence-corrected chi connectivity index (χ4v) is 5.76. The highest BCUT2D eigenvalue weighted by molar-refractivity contribution is 5.99. The predicted octanol–water partition coefficient (Wildman–Crippen LogP) is 2.98. The summed E-state index contributed by atoms with van der Waals surface area (Å²) in [6, 6.07) is 7.56. The average Bonchev–Trinajstić information content (AvgIpc) is 3.31. The Morgan fingerprint density at radius 1 is 1.09 bits per heavy atom. The molecule has 2 fully saturated rings. The van der Waals surface area contributed by atoms with Crippen LogP contribution in [-0.4, -0.2) is 98.4 Å². The fourth-order valence-electron chi connectivity index (χ4n) is 5.76. The highest BCUT2D eigenvalue weighted by atomic mass is 19.3. The molecule has 2 amide bonds. The number of nitrogens with one attached hydrogen (secondary N) is 1. The summed E-state index contributed by atoms with van der Waals surface area (Å²) in [5, 5.41) is 12.8. The molecule has 2 aromatic rings. The van der Waals surface area contributed by atoms with Crippen LogP contribution in [0, 0.1) is 28.9 Å². The lowest BCUT2D eigenvalue weighted by atomic mass is 9.92. The summed E-state index contributed by atoms with van der Waals surface area (Å²) in [5.74, 6) is -5.70. The van der Waals surface area contributed by atoms with Crippen LogP contribution in [0.25, 0.3) is 0 Å². The predicted molar refractivity (Wildman–Crippen MR) is 150 cm³/mol. The highest BCUT2D eigenvalue weighted by Gasteiger charge is 2.48. The zero-order valence-electron chi connectivity index (χ0n) is 23.9. The summed E-state index contributed by atoms with van der Waals surface area (Å²) in [6.45, 7) is -0.441. The summed E-state index contributed by atoms with van der Waals surface area (Å²) < 4.78 is 65.1. The first-order valence-electron chi connectivity index (χ1n) is 13.9. The largest absolute Gasteiger partial charge is 0.497 e. The Labute approximate surface area is 251 Å². The Morgan fingerprint density at radius 3 is 2.34 bits per heavy atom. The van der Waals surface area contributed by atoms with Crippen molar-refractivity contribution in [3.05, 3.63) is 70.9 Å². The molecule has 3 aliphatic heterocycles. The van der Waals surface area contributed by atoms with Crippen LogP contribution in [0.4, 0.5) is 17.6 Å². The fraction of sp³-hybridized carbons (Fsp3) is 0.400. The molecule has 1 N–H and O–H groups in total. The van der Waals surface area contributed by atoms with E-state index in [2.05, 4.69) is 30.9 Å². The first kappa shape index (κ1) is 31.0. The SMILES string of the molecule is COc1cc(F)c([C@@H]2CN(C3=CC=NC(N4CCN(C)CC4)C3C#N)C(=O)[C@H]2NC(=O)c2ccc(OC(F)F)cc2)c(F)c1. The summed E-state index contributed by atoms with van der Waals surface area (Å²) in [5.41, 5.74) is -0.121. The minimum atomic E-state index is -3.06. The van der Waals surface area contributed by atoms with Crippen molar-refractivity contribution < 1.29 is 36.6 Å². The van der Waals surface area contributed by atoms with Gasteiger partial charge in [0.1, 0.15) is 41.3 Å². The third-order valence-electron chi connectivity index (χ3n) is 8.06. The number of amides is 2. The van der Waals surface area contributed by atoms with E-state index in [0.29, 0.717) is 18.8 Å². The van der Waals surface area contributed by atoms with Crippen molar-refractivity contribution >= 4 is 18.0 Å². The molecule has 0 radical (unpaired) electrons. The Kier molecular flexibility index (Phi) is 9.17. The number of aliphatic imine (C=N–C) groups is 1. The van der Waals surface area contributed by atoms with Gasteiger partial charge in [-0.2, -0.15) is 14.0 Å². The molecule has 3 aliphatic rings. The number of nitriles is 1. The summed E-state index contributed by atoms with van der Waals surface area (Å²) in [6.07, 6.45) is 2.47. The van der Waals surface area contributed by atoms with Crippen LogP contribution in [0.5, 0.6) is 11.5 Å². The van der Waals surface area contributed by atoms with Crippen molar-refractivity contribution in [2.24, 2.45) is 10.9 Å². The number of hydrogen-bond donors (Lipinski definition) is 1. The van der Waals surface area contributed by atoms with Gasteiger partial charge in [0.05, 0.1) is 13.2 Å². The van der Waals surface area contributed by atoms with Gasteiger partial charge in [0.2, 0.25) is 5.91 Å². The number of allylic oxidation sites excluding steroid dienone is 1. The molecule has 2 unspecified atom stereocenters. The first-order chi connectivity index (χ1) is 21.1. The van der Waals surface area contributed by atoms with E-state index in [1.165, 1.54) is 36.4 Å². The number of likely N-dealkylation sites (N-methyl/N-ethyl adjacent to an activating group) is 1. The van der Waals surface area contributed by atoms with Gasteiger partial charge < -0.3 is 24.6 Å². The minimum absolute atomic E-state index is 0.00124. The molecule has 0 saturated carbocycles. The molecule has 0 aliphatic carbocycles. The third kappa shape index (κ3) is 6.24. The van der Waals surface area contributed by atoms with E-state index in [9.17, 15) is 23.6 Å². The van der Waals surface area contributed by atoms with Crippen LogP contribution in [0.15, 0.2) is 53.2 Å². The topological polar surface area (TPSA) is 111 Å². The van der Waals surface area contributed by atoms with Crippen LogP contribution in [0.1, 0.15) is 21.8 Å². The van der Waals surface area contributed by atoms with Gasteiger partial charge in [0.25, 0.3) is 5.91 Å². The van der Waals surface area contributed by atoms with Crippen molar-refractivity contribution in [1.82, 2.24) is 20.0 Å². The normalized spacial score (nSPS) is 24.3. The number of halogens is 4. The van der Waals surface area contributed by atoms with Gasteiger partial charge in [-0.1, -0.05) is 0 Å². The molecule has 0 aromatic heterocycles. The number of rotatable bonds is 8. The van der Waals surface area contributed by atoms with Gasteiger partial charge in [0, 0.05) is 73.8 Å². The molecule has 0 bridgehead atoms. The number of ether oxygens (including phenoxy) is 2. The number of dihydropyridines is 1. The second kappa shape index (κ2) is 13.0. The van der Waals surface area contributed by atoms with Gasteiger partial charge in [-0.25, -0.2) is 8.78 Å². The molecule has 10 nitrogen and oxygen atoms in total.